The number of esters is 1. The molecule has 0 unspecified atom stereocenters. The molecule has 6 rings (SSSR count). The van der Waals surface area contributed by atoms with E-state index in [2.05, 4.69) is 34.2 Å². The lowest BCUT2D eigenvalue weighted by Crippen LogP contribution is -2.40. The summed E-state index contributed by atoms with van der Waals surface area (Å²) >= 11 is 0. The van der Waals surface area contributed by atoms with Gasteiger partial charge < -0.3 is 9.64 Å². The van der Waals surface area contributed by atoms with Crippen LogP contribution in [-0.4, -0.2) is 39.8 Å². The Balaban J connectivity index is 1.16. The molecule has 166 valence electrons. The van der Waals surface area contributed by atoms with E-state index in [9.17, 15) is 9.59 Å². The van der Waals surface area contributed by atoms with E-state index >= 15 is 0 Å². The average Bonchev–Trinajstić information content (AvgIpc) is 3.49. The maximum Gasteiger partial charge on any atom is 0.341 e. The van der Waals surface area contributed by atoms with E-state index in [0.29, 0.717) is 25.1 Å². The first-order chi connectivity index (χ1) is 16.1. The second kappa shape index (κ2) is 7.51. The summed E-state index contributed by atoms with van der Waals surface area (Å²) in [5.41, 5.74) is 3.64. The molecule has 1 atom stereocenters. The number of benzene rings is 1. The number of hydrogen-bond acceptors (Lipinski definition) is 5. The summed E-state index contributed by atoms with van der Waals surface area (Å²) in [7, 11) is 0. The zero-order valence-corrected chi connectivity index (χ0v) is 18.4. The van der Waals surface area contributed by atoms with Gasteiger partial charge in [-0.05, 0) is 55.0 Å². The topological polar surface area (TPSA) is 72.4 Å². The van der Waals surface area contributed by atoms with Gasteiger partial charge >= 0.3 is 5.97 Å². The van der Waals surface area contributed by atoms with Crippen LogP contribution in [0.3, 0.4) is 0 Å². The lowest BCUT2D eigenvalue weighted by molar-refractivity contribution is -0.134. The van der Waals surface area contributed by atoms with Crippen LogP contribution in [0.5, 0.6) is 0 Å². The SMILES string of the molecule is O=C1O[C@]2(CCN(C(=O)C3(c4ccc(CCc5ccccn5)cc4)CC3)C2)c2ccncc21. The molecule has 1 amide bonds. The van der Waals surface area contributed by atoms with E-state index in [-0.39, 0.29) is 11.9 Å². The number of ether oxygens (including phenoxy) is 1. The van der Waals surface area contributed by atoms with Crippen molar-refractivity contribution in [1.82, 2.24) is 14.9 Å². The number of pyridine rings is 2. The van der Waals surface area contributed by atoms with E-state index in [1.165, 1.54) is 5.56 Å². The van der Waals surface area contributed by atoms with Crippen molar-refractivity contribution in [3.05, 3.63) is 95.1 Å². The van der Waals surface area contributed by atoms with Crippen molar-refractivity contribution in [2.24, 2.45) is 0 Å². The Hall–Kier alpha value is -3.54. The van der Waals surface area contributed by atoms with Gasteiger partial charge in [0.15, 0.2) is 5.60 Å². The third kappa shape index (κ3) is 3.32. The Bertz CT molecular complexity index is 1220. The quantitative estimate of drug-likeness (QED) is 0.568. The summed E-state index contributed by atoms with van der Waals surface area (Å²) in [6.07, 6.45) is 9.25. The van der Waals surface area contributed by atoms with Gasteiger partial charge in [-0.25, -0.2) is 4.79 Å². The van der Waals surface area contributed by atoms with Crippen molar-refractivity contribution in [3.63, 3.8) is 0 Å². The van der Waals surface area contributed by atoms with Crippen LogP contribution in [-0.2, 0) is 33.4 Å². The van der Waals surface area contributed by atoms with Crippen molar-refractivity contribution in [1.29, 1.82) is 0 Å². The first-order valence-corrected chi connectivity index (χ1v) is 11.6. The molecule has 0 bridgehead atoms. The number of fused-ring (bicyclic) bond motifs is 2. The van der Waals surface area contributed by atoms with Crippen LogP contribution in [0, 0.1) is 0 Å². The Kier molecular flexibility index (Phi) is 4.57. The highest BCUT2D eigenvalue weighted by Crippen LogP contribution is 2.52. The summed E-state index contributed by atoms with van der Waals surface area (Å²) in [6.45, 7) is 1.01. The number of hydrogen-bond donors (Lipinski definition) is 0. The molecular formula is C27H25N3O3. The molecule has 4 heterocycles. The molecule has 6 nitrogen and oxygen atoms in total. The van der Waals surface area contributed by atoms with Gasteiger partial charge in [0.05, 0.1) is 17.5 Å². The minimum absolute atomic E-state index is 0.152. The number of amides is 1. The zero-order chi connectivity index (χ0) is 22.5. The van der Waals surface area contributed by atoms with E-state index in [1.54, 1.807) is 12.4 Å². The lowest BCUT2D eigenvalue weighted by atomic mass is 9.91. The molecule has 1 saturated carbocycles. The molecule has 1 saturated heterocycles. The van der Waals surface area contributed by atoms with Crippen LogP contribution in [0.25, 0.3) is 0 Å². The molecule has 2 aromatic heterocycles. The molecule has 1 spiro atoms. The number of aryl methyl sites for hydroxylation is 2. The molecule has 3 aromatic rings. The summed E-state index contributed by atoms with van der Waals surface area (Å²) in [4.78, 5) is 36.3. The van der Waals surface area contributed by atoms with Crippen molar-refractivity contribution in [2.75, 3.05) is 13.1 Å². The van der Waals surface area contributed by atoms with Gasteiger partial charge in [0.2, 0.25) is 5.91 Å². The summed E-state index contributed by atoms with van der Waals surface area (Å²) in [6, 6.07) is 16.3. The van der Waals surface area contributed by atoms with E-state index < -0.39 is 11.0 Å². The molecule has 3 aliphatic rings. The van der Waals surface area contributed by atoms with Crippen LogP contribution in [0.4, 0.5) is 0 Å². The molecule has 1 aliphatic carbocycles. The molecule has 0 radical (unpaired) electrons. The first-order valence-electron chi connectivity index (χ1n) is 11.6. The second-order valence-electron chi connectivity index (χ2n) is 9.38. The summed E-state index contributed by atoms with van der Waals surface area (Å²) in [5, 5.41) is 0. The smallest absolute Gasteiger partial charge is 0.341 e. The van der Waals surface area contributed by atoms with E-state index in [1.807, 2.05) is 35.4 Å². The number of carbonyl (C=O) groups is 2. The normalized spacial score (nSPS) is 22.3. The van der Waals surface area contributed by atoms with Crippen molar-refractivity contribution < 1.29 is 14.3 Å². The fraction of sp³-hybridized carbons (Fsp3) is 0.333. The van der Waals surface area contributed by atoms with Crippen LogP contribution in [0.2, 0.25) is 0 Å². The van der Waals surface area contributed by atoms with Crippen molar-refractivity contribution in [2.45, 2.75) is 43.1 Å². The Morgan fingerprint density at radius 1 is 1.00 bits per heavy atom. The highest BCUT2D eigenvalue weighted by Gasteiger charge is 2.57. The maximum atomic E-state index is 13.6. The largest absolute Gasteiger partial charge is 0.449 e. The van der Waals surface area contributed by atoms with E-state index in [0.717, 1.165) is 42.5 Å². The highest BCUT2D eigenvalue weighted by molar-refractivity contribution is 5.95. The molecule has 6 heteroatoms. The third-order valence-corrected chi connectivity index (χ3v) is 7.40. The number of likely N-dealkylation sites (tertiary alicyclic amines) is 1. The van der Waals surface area contributed by atoms with Crippen LogP contribution in [0.15, 0.2) is 67.1 Å². The first kappa shape index (κ1) is 20.1. The van der Waals surface area contributed by atoms with Gasteiger partial charge in [0.25, 0.3) is 0 Å². The van der Waals surface area contributed by atoms with Gasteiger partial charge in [-0.2, -0.15) is 0 Å². The van der Waals surface area contributed by atoms with E-state index in [4.69, 9.17) is 4.74 Å². The second-order valence-corrected chi connectivity index (χ2v) is 9.38. The fourth-order valence-corrected chi connectivity index (χ4v) is 5.36. The van der Waals surface area contributed by atoms with Gasteiger partial charge in [0, 0.05) is 42.8 Å². The number of aromatic nitrogens is 2. The Labute approximate surface area is 192 Å². The average molecular weight is 440 g/mol. The summed E-state index contributed by atoms with van der Waals surface area (Å²) < 4.78 is 5.80. The molecule has 2 aliphatic heterocycles. The van der Waals surface area contributed by atoms with Gasteiger partial charge in [0.1, 0.15) is 0 Å². The van der Waals surface area contributed by atoms with Gasteiger partial charge in [-0.3, -0.25) is 14.8 Å². The van der Waals surface area contributed by atoms with Crippen molar-refractivity contribution in [3.8, 4) is 0 Å². The standard InChI is InChI=1S/C27H25N3O3/c31-24-22-17-28-15-10-23(22)27(33-24)13-16-30(18-27)25(32)26(11-12-26)20-7-4-19(5-8-20)6-9-21-3-1-2-14-29-21/h1-5,7-8,10,14-15,17H,6,9,11-13,16,18H2/t27-/m0/s1. The molecule has 33 heavy (non-hydrogen) atoms. The Morgan fingerprint density at radius 3 is 2.61 bits per heavy atom. The van der Waals surface area contributed by atoms with Crippen LogP contribution in [0.1, 0.15) is 52.0 Å². The van der Waals surface area contributed by atoms with Crippen molar-refractivity contribution >= 4 is 11.9 Å². The fourth-order valence-electron chi connectivity index (χ4n) is 5.36. The number of carbonyl (C=O) groups excluding carboxylic acids is 2. The lowest BCUT2D eigenvalue weighted by Gasteiger charge is -2.27. The molecule has 1 aromatic carbocycles. The predicted octanol–water partition coefficient (Wildman–Crippen LogP) is 3.59. The van der Waals surface area contributed by atoms with Gasteiger partial charge in [-0.15, -0.1) is 0 Å². The number of nitrogens with zero attached hydrogens (tertiary/aromatic N) is 3. The Morgan fingerprint density at radius 2 is 1.85 bits per heavy atom. The maximum absolute atomic E-state index is 13.6. The van der Waals surface area contributed by atoms with Gasteiger partial charge in [-0.1, -0.05) is 30.3 Å². The monoisotopic (exact) mass is 439 g/mol. The summed E-state index contributed by atoms with van der Waals surface area (Å²) in [5.74, 6) is -0.186. The van der Waals surface area contributed by atoms with Crippen LogP contribution >= 0.6 is 0 Å². The highest BCUT2D eigenvalue weighted by atomic mass is 16.6. The minimum atomic E-state index is -0.726. The molecule has 2 fully saturated rings. The van der Waals surface area contributed by atoms with Crippen LogP contribution < -0.4 is 0 Å². The third-order valence-electron chi connectivity index (χ3n) is 7.40. The number of rotatable bonds is 5. The zero-order valence-electron chi connectivity index (χ0n) is 18.4. The molecular weight excluding hydrogens is 414 g/mol. The predicted molar refractivity (Wildman–Crippen MR) is 122 cm³/mol. The minimum Gasteiger partial charge on any atom is -0.449 e. The molecule has 0 N–H and O–H groups in total.